The Kier molecular flexibility index (Phi) is 5.44. The quantitative estimate of drug-likeness (QED) is 0.728. The lowest BCUT2D eigenvalue weighted by Crippen LogP contribution is -2.21. The van der Waals surface area contributed by atoms with Gasteiger partial charge in [-0.2, -0.15) is 0 Å². The summed E-state index contributed by atoms with van der Waals surface area (Å²) in [6, 6.07) is 7.87. The smallest absolute Gasteiger partial charge is 0.338 e. The molecule has 0 heterocycles. The molecule has 0 aromatic heterocycles. The van der Waals surface area contributed by atoms with Gasteiger partial charge in [0.2, 0.25) is 0 Å². The highest BCUT2D eigenvalue weighted by Gasteiger charge is 2.20. The van der Waals surface area contributed by atoms with E-state index in [0.717, 1.165) is 43.2 Å². The van der Waals surface area contributed by atoms with Gasteiger partial charge >= 0.3 is 5.97 Å². The van der Waals surface area contributed by atoms with E-state index < -0.39 is 0 Å². The van der Waals surface area contributed by atoms with Gasteiger partial charge in [0.1, 0.15) is 6.10 Å². The molecule has 2 nitrogen and oxygen atoms in total. The van der Waals surface area contributed by atoms with Gasteiger partial charge < -0.3 is 4.74 Å². The highest BCUT2D eigenvalue weighted by Crippen LogP contribution is 2.22. The molecule has 1 aliphatic rings. The fraction of sp³-hybridized carbons (Fsp3) is 0.588. The number of hydrogen-bond acceptors (Lipinski definition) is 2. The van der Waals surface area contributed by atoms with Crippen LogP contribution in [0.3, 0.4) is 0 Å². The van der Waals surface area contributed by atoms with E-state index >= 15 is 0 Å². The Morgan fingerprint density at radius 2 is 1.95 bits per heavy atom. The van der Waals surface area contributed by atoms with Crippen LogP contribution >= 0.6 is 0 Å². The van der Waals surface area contributed by atoms with Gasteiger partial charge in [-0.1, -0.05) is 38.0 Å². The summed E-state index contributed by atoms with van der Waals surface area (Å²) < 4.78 is 5.66. The highest BCUT2D eigenvalue weighted by atomic mass is 16.5. The van der Waals surface area contributed by atoms with Crippen LogP contribution in [0.2, 0.25) is 0 Å². The zero-order valence-electron chi connectivity index (χ0n) is 11.9. The molecule has 0 N–H and O–H groups in total. The van der Waals surface area contributed by atoms with Crippen molar-refractivity contribution in [1.29, 1.82) is 0 Å². The maximum absolute atomic E-state index is 12.3. The second kappa shape index (κ2) is 7.32. The van der Waals surface area contributed by atoms with E-state index in [1.54, 1.807) is 0 Å². The average Bonchev–Trinajstić information content (AvgIpc) is 2.46. The minimum atomic E-state index is -0.126. The van der Waals surface area contributed by atoms with Crippen molar-refractivity contribution < 1.29 is 9.53 Å². The van der Waals surface area contributed by atoms with E-state index in [4.69, 9.17) is 4.74 Å². The summed E-state index contributed by atoms with van der Waals surface area (Å²) in [6.07, 6.45) is 9.09. The maximum Gasteiger partial charge on any atom is 0.338 e. The predicted octanol–water partition coefficient (Wildman–Crippen LogP) is 4.52. The van der Waals surface area contributed by atoms with Crippen LogP contribution < -0.4 is 0 Å². The molecule has 2 rings (SSSR count). The Morgan fingerprint density at radius 1 is 1.21 bits per heavy atom. The number of hydrogen-bond donors (Lipinski definition) is 0. The van der Waals surface area contributed by atoms with Crippen LogP contribution in [0.4, 0.5) is 0 Å². The van der Waals surface area contributed by atoms with E-state index in [-0.39, 0.29) is 12.1 Å². The molecule has 0 spiro atoms. The molecule has 1 saturated carbocycles. The van der Waals surface area contributed by atoms with Gasteiger partial charge in [0.05, 0.1) is 5.56 Å². The van der Waals surface area contributed by atoms with E-state index in [9.17, 15) is 4.79 Å². The molecule has 19 heavy (non-hydrogen) atoms. The fourth-order valence-corrected chi connectivity index (χ4v) is 2.70. The lowest BCUT2D eigenvalue weighted by molar-refractivity contribution is 0.0210. The van der Waals surface area contributed by atoms with Crippen LogP contribution in [-0.4, -0.2) is 12.1 Å². The van der Waals surface area contributed by atoms with Crippen molar-refractivity contribution in [3.63, 3.8) is 0 Å². The zero-order valence-corrected chi connectivity index (χ0v) is 11.9. The topological polar surface area (TPSA) is 26.3 Å². The first-order valence-corrected chi connectivity index (χ1v) is 7.60. The fourth-order valence-electron chi connectivity index (χ4n) is 2.70. The minimum absolute atomic E-state index is 0.126. The molecular weight excluding hydrogens is 236 g/mol. The standard InChI is InChI=1S/C17H24O2/c1-2-3-9-14-10-7-8-13-16(14)17(18)19-15-11-5-4-6-12-15/h7-8,10,13,15H,2-6,9,11-12H2,1H3. The molecular formula is C17H24O2. The summed E-state index contributed by atoms with van der Waals surface area (Å²) in [5, 5.41) is 0. The van der Waals surface area contributed by atoms with Crippen molar-refractivity contribution in [2.45, 2.75) is 64.4 Å². The molecule has 1 aliphatic carbocycles. The summed E-state index contributed by atoms with van der Waals surface area (Å²) in [5.74, 6) is -0.126. The molecule has 0 atom stereocenters. The Morgan fingerprint density at radius 3 is 2.68 bits per heavy atom. The molecule has 1 aromatic carbocycles. The van der Waals surface area contributed by atoms with Gasteiger partial charge in [-0.25, -0.2) is 4.79 Å². The number of carbonyl (C=O) groups is 1. The predicted molar refractivity (Wildman–Crippen MR) is 77.3 cm³/mol. The lowest BCUT2D eigenvalue weighted by atomic mass is 9.97. The Hall–Kier alpha value is -1.31. The Labute approximate surface area is 116 Å². The number of unbranched alkanes of at least 4 members (excludes halogenated alkanes) is 1. The number of rotatable bonds is 5. The molecule has 104 valence electrons. The first-order valence-electron chi connectivity index (χ1n) is 7.60. The van der Waals surface area contributed by atoms with Crippen molar-refractivity contribution in [2.75, 3.05) is 0 Å². The van der Waals surface area contributed by atoms with Crippen LogP contribution in [0.15, 0.2) is 24.3 Å². The third kappa shape index (κ3) is 4.09. The molecule has 0 radical (unpaired) electrons. The minimum Gasteiger partial charge on any atom is -0.459 e. The summed E-state index contributed by atoms with van der Waals surface area (Å²) in [5.41, 5.74) is 1.90. The van der Waals surface area contributed by atoms with Crippen molar-refractivity contribution in [3.05, 3.63) is 35.4 Å². The number of ether oxygens (including phenoxy) is 1. The van der Waals surface area contributed by atoms with Gasteiger partial charge in [-0.3, -0.25) is 0 Å². The van der Waals surface area contributed by atoms with E-state index in [0.29, 0.717) is 0 Å². The van der Waals surface area contributed by atoms with Crippen LogP contribution in [0, 0.1) is 0 Å². The molecule has 0 unspecified atom stereocenters. The van der Waals surface area contributed by atoms with Crippen molar-refractivity contribution >= 4 is 5.97 Å². The maximum atomic E-state index is 12.3. The van der Waals surface area contributed by atoms with Crippen LogP contribution in [0.5, 0.6) is 0 Å². The monoisotopic (exact) mass is 260 g/mol. The Balaban J connectivity index is 2.00. The largest absolute Gasteiger partial charge is 0.459 e. The summed E-state index contributed by atoms with van der Waals surface area (Å²) in [7, 11) is 0. The molecule has 0 bridgehead atoms. The normalized spacial score (nSPS) is 16.3. The number of esters is 1. The number of aryl methyl sites for hydroxylation is 1. The van der Waals surface area contributed by atoms with Crippen molar-refractivity contribution in [1.82, 2.24) is 0 Å². The lowest BCUT2D eigenvalue weighted by Gasteiger charge is -2.22. The summed E-state index contributed by atoms with van der Waals surface area (Å²) >= 11 is 0. The van der Waals surface area contributed by atoms with E-state index in [2.05, 4.69) is 6.92 Å². The summed E-state index contributed by atoms with van der Waals surface area (Å²) in [4.78, 5) is 12.3. The second-order valence-corrected chi connectivity index (χ2v) is 5.43. The highest BCUT2D eigenvalue weighted by molar-refractivity contribution is 5.91. The van der Waals surface area contributed by atoms with E-state index in [1.807, 2.05) is 24.3 Å². The van der Waals surface area contributed by atoms with Gasteiger partial charge in [0, 0.05) is 0 Å². The Bertz CT molecular complexity index is 405. The van der Waals surface area contributed by atoms with Crippen LogP contribution in [0.25, 0.3) is 0 Å². The molecule has 0 aliphatic heterocycles. The first-order chi connectivity index (χ1) is 9.31. The van der Waals surface area contributed by atoms with Crippen molar-refractivity contribution in [2.24, 2.45) is 0 Å². The van der Waals surface area contributed by atoms with Gasteiger partial charge in [-0.15, -0.1) is 0 Å². The first kappa shape index (κ1) is 14.1. The zero-order chi connectivity index (χ0) is 13.5. The van der Waals surface area contributed by atoms with Gasteiger partial charge in [-0.05, 0) is 50.2 Å². The molecule has 0 amide bonds. The van der Waals surface area contributed by atoms with Gasteiger partial charge in [0.15, 0.2) is 0 Å². The molecule has 1 aromatic rings. The molecule has 0 saturated heterocycles. The van der Waals surface area contributed by atoms with Gasteiger partial charge in [0.25, 0.3) is 0 Å². The SMILES string of the molecule is CCCCc1ccccc1C(=O)OC1CCCCC1. The number of carbonyl (C=O) groups excluding carboxylic acids is 1. The summed E-state index contributed by atoms with van der Waals surface area (Å²) in [6.45, 7) is 2.17. The molecule has 1 fully saturated rings. The second-order valence-electron chi connectivity index (χ2n) is 5.43. The third-order valence-corrected chi connectivity index (χ3v) is 3.86. The van der Waals surface area contributed by atoms with Crippen LogP contribution in [0.1, 0.15) is 67.8 Å². The number of benzene rings is 1. The van der Waals surface area contributed by atoms with Crippen LogP contribution in [-0.2, 0) is 11.2 Å². The average molecular weight is 260 g/mol. The van der Waals surface area contributed by atoms with Crippen molar-refractivity contribution in [3.8, 4) is 0 Å². The third-order valence-electron chi connectivity index (χ3n) is 3.86. The molecule has 2 heteroatoms. The van der Waals surface area contributed by atoms with E-state index in [1.165, 1.54) is 19.3 Å².